The van der Waals surface area contributed by atoms with Crippen molar-refractivity contribution in [1.82, 2.24) is 9.88 Å². The van der Waals surface area contributed by atoms with Gasteiger partial charge in [0, 0.05) is 18.3 Å². The normalized spacial score (nSPS) is 20.1. The summed E-state index contributed by atoms with van der Waals surface area (Å²) < 4.78 is 0. The molecule has 1 aliphatic rings. The van der Waals surface area contributed by atoms with Gasteiger partial charge in [0.15, 0.2) is 0 Å². The van der Waals surface area contributed by atoms with E-state index in [-0.39, 0.29) is 5.92 Å². The van der Waals surface area contributed by atoms with Crippen LogP contribution in [0.4, 0.5) is 5.82 Å². The molecule has 5 heteroatoms. The number of aromatic carboxylic acids is 1. The summed E-state index contributed by atoms with van der Waals surface area (Å²) in [6.45, 7) is 6.13. The number of carboxylic acids is 1. The van der Waals surface area contributed by atoms with Crippen molar-refractivity contribution >= 4 is 11.8 Å². The molecular formula is C15H23N3O2. The first-order chi connectivity index (χ1) is 9.45. The van der Waals surface area contributed by atoms with Crippen molar-refractivity contribution in [3.63, 3.8) is 0 Å². The van der Waals surface area contributed by atoms with Gasteiger partial charge in [-0.15, -0.1) is 0 Å². The molecule has 0 radical (unpaired) electrons. The number of aromatic nitrogens is 1. The number of carbonyl (C=O) groups is 1. The quantitative estimate of drug-likeness (QED) is 0.884. The number of carboxylic acid groups (broad SMARTS) is 1. The maximum absolute atomic E-state index is 11.2. The number of hydrogen-bond acceptors (Lipinski definition) is 4. The molecule has 2 rings (SSSR count). The third kappa shape index (κ3) is 3.70. The number of nitrogens with one attached hydrogen (secondary N) is 1. The van der Waals surface area contributed by atoms with Gasteiger partial charge in [-0.1, -0.05) is 13.8 Å². The van der Waals surface area contributed by atoms with Crippen molar-refractivity contribution in [2.45, 2.75) is 38.6 Å². The van der Waals surface area contributed by atoms with Crippen LogP contribution in [0.25, 0.3) is 0 Å². The summed E-state index contributed by atoms with van der Waals surface area (Å²) in [6, 6.07) is 3.62. The highest BCUT2D eigenvalue weighted by Gasteiger charge is 2.18. The fourth-order valence-corrected chi connectivity index (χ4v) is 2.54. The zero-order valence-corrected chi connectivity index (χ0v) is 12.4. The Morgan fingerprint density at radius 1 is 1.50 bits per heavy atom. The summed E-state index contributed by atoms with van der Waals surface area (Å²) in [6.07, 6.45) is 2.25. The molecule has 1 aliphatic heterocycles. The van der Waals surface area contributed by atoms with Crippen LogP contribution >= 0.6 is 0 Å². The molecule has 2 N–H and O–H groups in total. The maximum Gasteiger partial charge on any atom is 0.335 e. The summed E-state index contributed by atoms with van der Waals surface area (Å²) in [7, 11) is 2.11. The molecule has 1 unspecified atom stereocenters. The Balaban J connectivity index is 2.19. The largest absolute Gasteiger partial charge is 0.478 e. The fourth-order valence-electron chi connectivity index (χ4n) is 2.54. The summed E-state index contributed by atoms with van der Waals surface area (Å²) >= 11 is 0. The zero-order valence-electron chi connectivity index (χ0n) is 12.4. The van der Waals surface area contributed by atoms with Crippen LogP contribution in [0.1, 0.15) is 48.7 Å². The van der Waals surface area contributed by atoms with E-state index in [0.717, 1.165) is 31.6 Å². The molecule has 1 atom stereocenters. The van der Waals surface area contributed by atoms with E-state index in [1.807, 2.05) is 13.8 Å². The van der Waals surface area contributed by atoms with Crippen molar-refractivity contribution in [2.75, 3.05) is 25.5 Å². The smallest absolute Gasteiger partial charge is 0.335 e. The van der Waals surface area contributed by atoms with Crippen LogP contribution in [-0.4, -0.2) is 47.1 Å². The lowest BCUT2D eigenvalue weighted by Crippen LogP contribution is -2.40. The third-order valence-corrected chi connectivity index (χ3v) is 3.66. The molecule has 1 aromatic rings. The summed E-state index contributed by atoms with van der Waals surface area (Å²) in [5.74, 6) is -0.0177. The van der Waals surface area contributed by atoms with E-state index < -0.39 is 5.97 Å². The lowest BCUT2D eigenvalue weighted by atomic mass is 10.1. The predicted molar refractivity (Wildman–Crippen MR) is 79.4 cm³/mol. The van der Waals surface area contributed by atoms with Crippen molar-refractivity contribution in [1.29, 1.82) is 0 Å². The number of likely N-dealkylation sites (tertiary alicyclic amines) is 1. The van der Waals surface area contributed by atoms with E-state index >= 15 is 0 Å². The van der Waals surface area contributed by atoms with E-state index in [9.17, 15) is 9.90 Å². The second-order valence-corrected chi connectivity index (χ2v) is 5.87. The van der Waals surface area contributed by atoms with Gasteiger partial charge in [-0.3, -0.25) is 0 Å². The molecule has 0 bridgehead atoms. The van der Waals surface area contributed by atoms with Gasteiger partial charge in [0.05, 0.1) is 5.56 Å². The molecule has 0 amide bonds. The molecule has 0 spiro atoms. The minimum atomic E-state index is -0.905. The van der Waals surface area contributed by atoms with E-state index in [4.69, 9.17) is 0 Å². The number of rotatable bonds is 4. The first-order valence-corrected chi connectivity index (χ1v) is 7.16. The van der Waals surface area contributed by atoms with Crippen LogP contribution in [0.15, 0.2) is 12.1 Å². The molecule has 1 fully saturated rings. The van der Waals surface area contributed by atoms with E-state index in [0.29, 0.717) is 17.4 Å². The van der Waals surface area contributed by atoms with Crippen molar-refractivity contribution < 1.29 is 9.90 Å². The first kappa shape index (κ1) is 14.8. The van der Waals surface area contributed by atoms with Crippen molar-refractivity contribution in [2.24, 2.45) is 0 Å². The number of hydrogen-bond donors (Lipinski definition) is 2. The Morgan fingerprint density at radius 3 is 2.85 bits per heavy atom. The average Bonchev–Trinajstić information content (AvgIpc) is 2.38. The van der Waals surface area contributed by atoms with Gasteiger partial charge in [-0.2, -0.15) is 0 Å². The van der Waals surface area contributed by atoms with Gasteiger partial charge in [0.2, 0.25) is 0 Å². The van der Waals surface area contributed by atoms with E-state index in [1.165, 1.54) is 0 Å². The Bertz CT molecular complexity index is 488. The lowest BCUT2D eigenvalue weighted by molar-refractivity contribution is 0.0696. The second-order valence-electron chi connectivity index (χ2n) is 5.87. The van der Waals surface area contributed by atoms with Gasteiger partial charge >= 0.3 is 5.97 Å². The van der Waals surface area contributed by atoms with E-state index in [2.05, 4.69) is 22.2 Å². The highest BCUT2D eigenvalue weighted by Crippen LogP contribution is 2.20. The van der Waals surface area contributed by atoms with Crippen LogP contribution in [0.3, 0.4) is 0 Å². The molecule has 1 aromatic heterocycles. The van der Waals surface area contributed by atoms with Crippen LogP contribution in [-0.2, 0) is 0 Å². The standard InChI is InChI=1S/C15H23N3O2/c1-10(2)13-7-11(15(19)20)8-14(17-13)16-12-5-4-6-18(3)9-12/h7-8,10,12H,4-6,9H2,1-3H3,(H,16,17)(H,19,20). The predicted octanol–water partition coefficient (Wildman–Crippen LogP) is 2.41. The first-order valence-electron chi connectivity index (χ1n) is 7.16. The Labute approximate surface area is 120 Å². The van der Waals surface area contributed by atoms with Crippen LogP contribution in [0, 0.1) is 0 Å². The topological polar surface area (TPSA) is 65.5 Å². The molecule has 0 aromatic carbocycles. The minimum absolute atomic E-state index is 0.212. The van der Waals surface area contributed by atoms with Crippen LogP contribution in [0.5, 0.6) is 0 Å². The molecular weight excluding hydrogens is 254 g/mol. The molecule has 20 heavy (non-hydrogen) atoms. The number of anilines is 1. The highest BCUT2D eigenvalue weighted by atomic mass is 16.4. The fraction of sp³-hybridized carbons (Fsp3) is 0.600. The van der Waals surface area contributed by atoms with Gasteiger partial charge < -0.3 is 15.3 Å². The molecule has 2 heterocycles. The van der Waals surface area contributed by atoms with Gasteiger partial charge in [-0.25, -0.2) is 9.78 Å². The highest BCUT2D eigenvalue weighted by molar-refractivity contribution is 5.88. The molecule has 0 aliphatic carbocycles. The summed E-state index contributed by atoms with van der Waals surface area (Å²) in [5, 5.41) is 12.6. The number of likely N-dealkylation sites (N-methyl/N-ethyl adjacent to an activating group) is 1. The average molecular weight is 277 g/mol. The molecule has 110 valence electrons. The lowest BCUT2D eigenvalue weighted by Gasteiger charge is -2.30. The SMILES string of the molecule is CC(C)c1cc(C(=O)O)cc(NC2CCCN(C)C2)n1. The Kier molecular flexibility index (Phi) is 4.60. The number of nitrogens with zero attached hydrogens (tertiary/aromatic N) is 2. The number of piperidine rings is 1. The van der Waals surface area contributed by atoms with Gasteiger partial charge in [0.25, 0.3) is 0 Å². The van der Waals surface area contributed by atoms with Crippen molar-refractivity contribution in [3.8, 4) is 0 Å². The molecule has 0 saturated carbocycles. The summed E-state index contributed by atoms with van der Waals surface area (Å²) in [4.78, 5) is 18.0. The number of pyridine rings is 1. The third-order valence-electron chi connectivity index (χ3n) is 3.66. The zero-order chi connectivity index (χ0) is 14.7. The monoisotopic (exact) mass is 277 g/mol. The van der Waals surface area contributed by atoms with Crippen molar-refractivity contribution in [3.05, 3.63) is 23.4 Å². The maximum atomic E-state index is 11.2. The van der Waals surface area contributed by atoms with Crippen LogP contribution in [0.2, 0.25) is 0 Å². The Morgan fingerprint density at radius 2 is 2.25 bits per heavy atom. The van der Waals surface area contributed by atoms with Gasteiger partial charge in [0.1, 0.15) is 5.82 Å². The van der Waals surface area contributed by atoms with E-state index in [1.54, 1.807) is 12.1 Å². The van der Waals surface area contributed by atoms with Gasteiger partial charge in [-0.05, 0) is 44.5 Å². The summed E-state index contributed by atoms with van der Waals surface area (Å²) in [5.41, 5.74) is 1.12. The Hall–Kier alpha value is -1.62. The van der Waals surface area contributed by atoms with Crippen LogP contribution < -0.4 is 5.32 Å². The second kappa shape index (κ2) is 6.22. The molecule has 5 nitrogen and oxygen atoms in total. The minimum Gasteiger partial charge on any atom is -0.478 e. The molecule has 1 saturated heterocycles.